The minimum atomic E-state index is -5.04. The van der Waals surface area contributed by atoms with Crippen molar-refractivity contribution in [1.82, 2.24) is 0 Å². The number of amides is 2. The zero-order valence-electron chi connectivity index (χ0n) is 19.4. The predicted molar refractivity (Wildman–Crippen MR) is 133 cm³/mol. The van der Waals surface area contributed by atoms with Gasteiger partial charge in [-0.3, -0.25) is 23.5 Å². The molecule has 13 heteroatoms. The number of Topliss-reactive ketones (excluding diaryl/α,β-unsaturated/α-hetero) is 1. The molecule has 1 aliphatic heterocycles. The summed E-state index contributed by atoms with van der Waals surface area (Å²) in [6, 6.07) is 10.4. The minimum absolute atomic E-state index is 0.00465. The van der Waals surface area contributed by atoms with Gasteiger partial charge in [0.15, 0.2) is 5.78 Å². The molecule has 0 spiro atoms. The van der Waals surface area contributed by atoms with Crippen LogP contribution in [0.15, 0.2) is 64.4 Å². The van der Waals surface area contributed by atoms with Crippen LogP contribution < -0.4 is 10.6 Å². The second-order valence-electron chi connectivity index (χ2n) is 8.61. The first-order valence-corrected chi connectivity index (χ1v) is 13.5. The molecule has 0 unspecified atom stereocenters. The first-order chi connectivity index (χ1) is 17.1. The number of rotatable bonds is 6. The van der Waals surface area contributed by atoms with Gasteiger partial charge in [-0.15, -0.1) is 0 Å². The number of carbonyl (C=O) groups excluding carboxylic acids is 3. The third-order valence-electron chi connectivity index (χ3n) is 5.77. The molecule has 192 valence electrons. The number of benzene rings is 3. The lowest BCUT2D eigenvalue weighted by Crippen LogP contribution is -2.29. The van der Waals surface area contributed by atoms with E-state index in [-0.39, 0.29) is 50.9 Å². The lowest BCUT2D eigenvalue weighted by molar-refractivity contribution is 0.0922. The van der Waals surface area contributed by atoms with E-state index in [4.69, 9.17) is 5.73 Å². The molecular weight excluding hydrogens is 524 g/mol. The molecule has 0 atom stereocenters. The number of imide groups is 1. The lowest BCUT2D eigenvalue weighted by Gasteiger charge is -2.17. The molecule has 0 saturated heterocycles. The van der Waals surface area contributed by atoms with Crippen LogP contribution in [0.25, 0.3) is 11.1 Å². The first kappa shape index (κ1) is 26.2. The molecular formula is C24H20N2O9S2. The quantitative estimate of drug-likeness (QED) is 0.180. The van der Waals surface area contributed by atoms with Gasteiger partial charge in [-0.2, -0.15) is 16.8 Å². The summed E-state index contributed by atoms with van der Waals surface area (Å²) in [7, 11) is -9.90. The van der Waals surface area contributed by atoms with Gasteiger partial charge >= 0.3 is 0 Å². The van der Waals surface area contributed by atoms with Gasteiger partial charge < -0.3 is 5.73 Å². The molecule has 37 heavy (non-hydrogen) atoms. The summed E-state index contributed by atoms with van der Waals surface area (Å²) in [5, 5.41) is 0. The fourth-order valence-electron chi connectivity index (χ4n) is 4.02. The number of nitrogen functional groups attached to an aromatic ring is 1. The molecule has 3 aromatic carbocycles. The van der Waals surface area contributed by atoms with Gasteiger partial charge in [0.2, 0.25) is 0 Å². The van der Waals surface area contributed by atoms with Gasteiger partial charge in [0.25, 0.3) is 32.1 Å². The Morgan fingerprint density at radius 3 is 1.84 bits per heavy atom. The molecule has 1 aliphatic rings. The highest BCUT2D eigenvalue weighted by Crippen LogP contribution is 2.38. The standard InChI is InChI=1S/C24H20N2O9S2/c1-12(2)22(27)13-3-6-18-19(9-13)24(29)26(23(18)28)15-5-8-17(21(11-15)37(33,34)35)16-7-4-14(25)10-20(16)36(30,31)32/h3-12H,25H2,1-2H3,(H,30,31,32)(H,33,34,35). The van der Waals surface area contributed by atoms with Crippen molar-refractivity contribution in [3.63, 3.8) is 0 Å². The van der Waals surface area contributed by atoms with Gasteiger partial charge in [-0.1, -0.05) is 32.0 Å². The van der Waals surface area contributed by atoms with Crippen LogP contribution in [0.5, 0.6) is 0 Å². The normalized spacial score (nSPS) is 13.8. The fourth-order valence-corrected chi connectivity index (χ4v) is 5.49. The van der Waals surface area contributed by atoms with Gasteiger partial charge in [0, 0.05) is 28.3 Å². The monoisotopic (exact) mass is 544 g/mol. The van der Waals surface area contributed by atoms with Crippen molar-refractivity contribution in [2.75, 3.05) is 10.6 Å². The Morgan fingerprint density at radius 2 is 1.27 bits per heavy atom. The average Bonchev–Trinajstić information content (AvgIpc) is 3.06. The van der Waals surface area contributed by atoms with Crippen LogP contribution in [0, 0.1) is 5.92 Å². The number of nitrogens with two attached hydrogens (primary N) is 1. The van der Waals surface area contributed by atoms with Crippen LogP contribution >= 0.6 is 0 Å². The topological polar surface area (TPSA) is 189 Å². The average molecular weight is 545 g/mol. The van der Waals surface area contributed by atoms with E-state index in [0.29, 0.717) is 4.90 Å². The summed E-state index contributed by atoms with van der Waals surface area (Å²) in [5.74, 6) is -2.20. The Kier molecular flexibility index (Phi) is 6.28. The highest BCUT2D eigenvalue weighted by molar-refractivity contribution is 7.86. The van der Waals surface area contributed by atoms with Crippen LogP contribution in [0.1, 0.15) is 44.9 Å². The molecule has 3 aromatic rings. The van der Waals surface area contributed by atoms with Crippen molar-refractivity contribution in [1.29, 1.82) is 0 Å². The Balaban J connectivity index is 1.87. The zero-order valence-corrected chi connectivity index (χ0v) is 21.0. The fraction of sp³-hybridized carbons (Fsp3) is 0.125. The van der Waals surface area contributed by atoms with E-state index in [1.165, 1.54) is 30.3 Å². The van der Waals surface area contributed by atoms with Crippen LogP contribution in [0.3, 0.4) is 0 Å². The van der Waals surface area contributed by atoms with E-state index in [1.54, 1.807) is 13.8 Å². The zero-order chi connectivity index (χ0) is 27.4. The second-order valence-corrected chi connectivity index (χ2v) is 11.4. The SMILES string of the molecule is CC(C)C(=O)c1ccc2c(c1)C(=O)N(c1ccc(-c3ccc(N)cc3S(=O)(=O)O)c(S(=O)(=O)O)c1)C2=O. The number of fused-ring (bicyclic) bond motifs is 1. The highest BCUT2D eigenvalue weighted by atomic mass is 32.2. The molecule has 4 rings (SSSR count). The third kappa shape index (κ3) is 4.64. The highest BCUT2D eigenvalue weighted by Gasteiger charge is 2.38. The molecule has 0 fully saturated rings. The summed E-state index contributed by atoms with van der Waals surface area (Å²) < 4.78 is 67.9. The summed E-state index contributed by atoms with van der Waals surface area (Å²) in [6.07, 6.45) is 0. The molecule has 0 radical (unpaired) electrons. The van der Waals surface area contributed by atoms with Crippen LogP contribution in [0.4, 0.5) is 11.4 Å². The predicted octanol–water partition coefficient (Wildman–Crippen LogP) is 3.07. The molecule has 1 heterocycles. The van der Waals surface area contributed by atoms with Crippen LogP contribution in [-0.4, -0.2) is 43.5 Å². The summed E-state index contributed by atoms with van der Waals surface area (Å²) in [4.78, 5) is 37.7. The van der Waals surface area contributed by atoms with Crippen LogP contribution in [-0.2, 0) is 20.2 Å². The van der Waals surface area contributed by atoms with Crippen LogP contribution in [0.2, 0.25) is 0 Å². The van der Waals surface area contributed by atoms with E-state index >= 15 is 0 Å². The lowest BCUT2D eigenvalue weighted by atomic mass is 9.97. The molecule has 0 aromatic heterocycles. The Bertz CT molecular complexity index is 1730. The number of hydrogen-bond donors (Lipinski definition) is 3. The summed E-state index contributed by atoms with van der Waals surface area (Å²) >= 11 is 0. The van der Waals surface area contributed by atoms with Crippen molar-refractivity contribution in [2.24, 2.45) is 5.92 Å². The number of hydrogen-bond acceptors (Lipinski definition) is 8. The maximum absolute atomic E-state index is 13.1. The molecule has 0 bridgehead atoms. The first-order valence-electron chi connectivity index (χ1n) is 10.7. The van der Waals surface area contributed by atoms with E-state index in [1.807, 2.05) is 0 Å². The van der Waals surface area contributed by atoms with E-state index < -0.39 is 41.8 Å². The van der Waals surface area contributed by atoms with Gasteiger partial charge in [-0.05, 0) is 36.4 Å². The number of ketones is 1. The number of anilines is 2. The Hall–Kier alpha value is -3.91. The smallest absolute Gasteiger partial charge is 0.295 e. The molecule has 4 N–H and O–H groups in total. The van der Waals surface area contributed by atoms with Gasteiger partial charge in [-0.25, -0.2) is 4.90 Å². The van der Waals surface area contributed by atoms with Gasteiger partial charge in [0.1, 0.15) is 9.79 Å². The number of carbonyl (C=O) groups is 3. The third-order valence-corrected chi connectivity index (χ3v) is 7.56. The Morgan fingerprint density at radius 1 is 0.757 bits per heavy atom. The number of nitrogens with zero attached hydrogens (tertiary/aromatic N) is 1. The second kappa shape index (κ2) is 8.88. The van der Waals surface area contributed by atoms with Gasteiger partial charge in [0.05, 0.1) is 16.8 Å². The molecule has 11 nitrogen and oxygen atoms in total. The largest absolute Gasteiger partial charge is 0.399 e. The van der Waals surface area contributed by atoms with Crippen molar-refractivity contribution < 1.29 is 40.3 Å². The summed E-state index contributed by atoms with van der Waals surface area (Å²) in [5.41, 5.74) is 4.87. The molecule has 0 aliphatic carbocycles. The summed E-state index contributed by atoms with van der Waals surface area (Å²) in [6.45, 7) is 3.36. The maximum atomic E-state index is 13.1. The van der Waals surface area contributed by atoms with E-state index in [9.17, 15) is 40.3 Å². The van der Waals surface area contributed by atoms with Crippen molar-refractivity contribution in [3.05, 3.63) is 71.3 Å². The maximum Gasteiger partial charge on any atom is 0.295 e. The minimum Gasteiger partial charge on any atom is -0.399 e. The Labute approximate surface area is 212 Å². The van der Waals surface area contributed by atoms with Crippen molar-refractivity contribution in [3.8, 4) is 11.1 Å². The van der Waals surface area contributed by atoms with Crippen molar-refractivity contribution >= 4 is 49.2 Å². The molecule has 0 saturated carbocycles. The molecule has 2 amide bonds. The van der Waals surface area contributed by atoms with Crippen molar-refractivity contribution in [2.45, 2.75) is 23.6 Å². The van der Waals surface area contributed by atoms with E-state index in [2.05, 4.69) is 0 Å². The van der Waals surface area contributed by atoms with E-state index in [0.717, 1.165) is 24.3 Å².